The van der Waals surface area contributed by atoms with Crippen molar-refractivity contribution in [2.45, 2.75) is 56.4 Å². The number of hydrogen-bond donors (Lipinski definition) is 0. The molecule has 0 heterocycles. The van der Waals surface area contributed by atoms with Crippen LogP contribution in [0.25, 0.3) is 21.5 Å². The first-order chi connectivity index (χ1) is 12.7. The van der Waals surface area contributed by atoms with Gasteiger partial charge in [-0.25, -0.2) is 0 Å². The molecule has 0 aromatic heterocycles. The molecule has 28 heavy (non-hydrogen) atoms. The van der Waals surface area contributed by atoms with Crippen LogP contribution < -0.4 is 0 Å². The Balaban J connectivity index is 0. The quantitative estimate of drug-likeness (QED) is 0.286. The summed E-state index contributed by atoms with van der Waals surface area (Å²) >= 11 is 0. The van der Waals surface area contributed by atoms with E-state index in [4.69, 9.17) is 0 Å². The highest BCUT2D eigenvalue weighted by Gasteiger charge is 1.92. The van der Waals surface area contributed by atoms with Crippen molar-refractivity contribution in [3.63, 3.8) is 0 Å². The van der Waals surface area contributed by atoms with Gasteiger partial charge in [-0.3, -0.25) is 0 Å². The summed E-state index contributed by atoms with van der Waals surface area (Å²) in [4.78, 5) is 0. The fourth-order valence-corrected chi connectivity index (χ4v) is 2.70. The summed E-state index contributed by atoms with van der Waals surface area (Å²) in [5.41, 5.74) is 2.67. The van der Waals surface area contributed by atoms with Crippen LogP contribution in [0.5, 0.6) is 0 Å². The van der Waals surface area contributed by atoms with Gasteiger partial charge in [0.15, 0.2) is 0 Å². The highest BCUT2D eigenvalue weighted by Crippen LogP contribution is 2.16. The minimum Gasteiger partial charge on any atom is -0.0776 e. The van der Waals surface area contributed by atoms with Gasteiger partial charge >= 0.3 is 0 Å². The summed E-state index contributed by atoms with van der Waals surface area (Å²) in [6, 6.07) is 29.7. The number of benzene rings is 4. The molecule has 0 spiro atoms. The van der Waals surface area contributed by atoms with Crippen molar-refractivity contribution in [1.29, 1.82) is 0 Å². The molecule has 0 aliphatic carbocycles. The second-order valence-corrected chi connectivity index (χ2v) is 5.65. The summed E-state index contributed by atoms with van der Waals surface area (Å²) in [6.45, 7) is 12.3. The predicted molar refractivity (Wildman–Crippen MR) is 134 cm³/mol. The maximum Gasteiger partial charge on any atom is -0.0155 e. The van der Waals surface area contributed by atoms with E-state index >= 15 is 0 Å². The predicted octanol–water partition coefficient (Wildman–Crippen LogP) is 9.62. The Kier molecular flexibility index (Phi) is 15.2. The number of aryl methyl sites for hydroxylation is 2. The molecule has 0 atom stereocenters. The van der Waals surface area contributed by atoms with Crippen molar-refractivity contribution in [3.8, 4) is 0 Å². The Bertz CT molecular complexity index is 892. The average molecular weight is 377 g/mol. The maximum atomic E-state index is 2.20. The molecule has 4 rings (SSSR count). The van der Waals surface area contributed by atoms with Crippen LogP contribution in [0.4, 0.5) is 0 Å². The van der Waals surface area contributed by atoms with Gasteiger partial charge in [0.1, 0.15) is 0 Å². The van der Waals surface area contributed by atoms with Crippen molar-refractivity contribution in [1.82, 2.24) is 0 Å². The normalized spacial score (nSPS) is 8.50. The van der Waals surface area contributed by atoms with Crippen LogP contribution in [-0.2, 0) is 0 Å². The van der Waals surface area contributed by atoms with E-state index < -0.39 is 0 Å². The fourth-order valence-electron chi connectivity index (χ4n) is 2.70. The van der Waals surface area contributed by atoms with Crippen molar-refractivity contribution >= 4 is 21.5 Å². The first-order valence-corrected chi connectivity index (χ1v) is 9.64. The van der Waals surface area contributed by atoms with Gasteiger partial charge in [0.2, 0.25) is 0 Å². The minimum atomic E-state index is 0. The Hall–Kier alpha value is -2.60. The lowest BCUT2D eigenvalue weighted by Crippen LogP contribution is -1.75. The largest absolute Gasteiger partial charge is 0.0776 e. The van der Waals surface area contributed by atoms with Crippen LogP contribution in [-0.4, -0.2) is 0 Å². The fraction of sp³-hybridized carbons (Fsp3) is 0.286. The van der Waals surface area contributed by atoms with Gasteiger partial charge in [0.25, 0.3) is 0 Å². The lowest BCUT2D eigenvalue weighted by atomic mass is 10.1. The van der Waals surface area contributed by atoms with Crippen molar-refractivity contribution < 1.29 is 0 Å². The Morgan fingerprint density at radius 1 is 0.464 bits per heavy atom. The van der Waals surface area contributed by atoms with Crippen LogP contribution in [0.3, 0.4) is 0 Å². The van der Waals surface area contributed by atoms with Crippen molar-refractivity contribution in [2.24, 2.45) is 0 Å². The van der Waals surface area contributed by atoms with Crippen LogP contribution in [0.15, 0.2) is 84.9 Å². The molecule has 0 saturated heterocycles. The molecule has 0 unspecified atom stereocenters. The lowest BCUT2D eigenvalue weighted by Gasteiger charge is -1.98. The van der Waals surface area contributed by atoms with Crippen molar-refractivity contribution in [3.05, 3.63) is 96.1 Å². The molecule has 4 aromatic rings. The molecule has 0 fully saturated rings. The van der Waals surface area contributed by atoms with E-state index in [1.54, 1.807) is 0 Å². The molecule has 0 radical (unpaired) electrons. The average Bonchev–Trinajstić information content (AvgIpc) is 2.72. The van der Waals surface area contributed by atoms with Crippen LogP contribution in [0.2, 0.25) is 0 Å². The van der Waals surface area contributed by atoms with E-state index in [0.29, 0.717) is 0 Å². The summed E-state index contributed by atoms with van der Waals surface area (Å²) < 4.78 is 0. The van der Waals surface area contributed by atoms with Gasteiger partial charge in [0.05, 0.1) is 0 Å². The van der Waals surface area contributed by atoms with Crippen LogP contribution >= 0.6 is 0 Å². The Morgan fingerprint density at radius 2 is 0.964 bits per heavy atom. The molecule has 0 amide bonds. The molecule has 0 aliphatic heterocycles. The van der Waals surface area contributed by atoms with Gasteiger partial charge in [-0.2, -0.15) is 0 Å². The molecule has 0 nitrogen and oxygen atoms in total. The molecule has 0 N–H and O–H groups in total. The number of fused-ring (bicyclic) bond motifs is 2. The van der Waals surface area contributed by atoms with E-state index in [1.165, 1.54) is 32.7 Å². The molecule has 0 saturated carbocycles. The summed E-state index contributed by atoms with van der Waals surface area (Å²) in [5, 5.41) is 5.33. The monoisotopic (exact) mass is 376 g/mol. The number of rotatable bonds is 0. The first kappa shape index (κ1) is 27.6. The molecule has 0 bridgehead atoms. The molecule has 152 valence electrons. The SMILES string of the molecule is C.C.CC.CC.Cc1ccc2ccccc2c1.Cc1cccc2ccccc12. The van der Waals surface area contributed by atoms with Gasteiger partial charge in [-0.1, -0.05) is 133 Å². The van der Waals surface area contributed by atoms with Crippen LogP contribution in [0, 0.1) is 13.8 Å². The zero-order valence-electron chi connectivity index (χ0n) is 17.1. The summed E-state index contributed by atoms with van der Waals surface area (Å²) in [6.07, 6.45) is 0. The molecule has 0 aliphatic rings. The molecular weight excluding hydrogens is 336 g/mol. The standard InChI is InChI=1S/2C11H10.2C2H6.2CH4/c1-9-5-4-7-10-6-2-3-8-11(9)10;1-9-6-7-10-4-2-3-5-11(10)8-9;2*1-2;;/h2*2-8H,1H3;2*1-2H3;2*1H4. The molecular formula is C28H40. The summed E-state index contributed by atoms with van der Waals surface area (Å²) in [5.74, 6) is 0. The smallest absolute Gasteiger partial charge is 0.0155 e. The van der Waals surface area contributed by atoms with Gasteiger partial charge < -0.3 is 0 Å². The maximum absolute atomic E-state index is 2.20. The zero-order valence-corrected chi connectivity index (χ0v) is 17.1. The Labute approximate surface area is 174 Å². The van der Waals surface area contributed by atoms with E-state index in [1.807, 2.05) is 27.7 Å². The minimum absolute atomic E-state index is 0. The first-order valence-electron chi connectivity index (χ1n) is 9.64. The third kappa shape index (κ3) is 7.96. The van der Waals surface area contributed by atoms with Crippen molar-refractivity contribution in [2.75, 3.05) is 0 Å². The topological polar surface area (TPSA) is 0 Å². The summed E-state index contributed by atoms with van der Waals surface area (Å²) in [7, 11) is 0. The van der Waals surface area contributed by atoms with E-state index in [-0.39, 0.29) is 14.9 Å². The third-order valence-corrected chi connectivity index (χ3v) is 3.91. The molecule has 4 aromatic carbocycles. The van der Waals surface area contributed by atoms with E-state index in [2.05, 4.69) is 98.8 Å². The second kappa shape index (κ2) is 15.5. The van der Waals surface area contributed by atoms with E-state index in [9.17, 15) is 0 Å². The lowest BCUT2D eigenvalue weighted by molar-refractivity contribution is 1.50. The zero-order chi connectivity index (χ0) is 19.4. The van der Waals surface area contributed by atoms with Gasteiger partial charge in [-0.15, -0.1) is 0 Å². The van der Waals surface area contributed by atoms with Gasteiger partial charge in [0, 0.05) is 0 Å². The highest BCUT2D eigenvalue weighted by molar-refractivity contribution is 5.85. The molecule has 0 heteroatoms. The second-order valence-electron chi connectivity index (χ2n) is 5.65. The third-order valence-electron chi connectivity index (χ3n) is 3.91. The van der Waals surface area contributed by atoms with E-state index in [0.717, 1.165) is 0 Å². The highest BCUT2D eigenvalue weighted by atomic mass is 14.0. The van der Waals surface area contributed by atoms with Gasteiger partial charge in [-0.05, 0) is 41.0 Å². The Morgan fingerprint density at radius 3 is 1.57 bits per heavy atom. The van der Waals surface area contributed by atoms with Crippen LogP contribution in [0.1, 0.15) is 53.7 Å². The number of hydrogen-bond acceptors (Lipinski definition) is 0.